The molecular weight excluding hydrogens is 591 g/mol. The second kappa shape index (κ2) is 13.9. The molecule has 1 aromatic heterocycles. The fraction of sp³-hybridized carbons (Fsp3) is 0.344. The van der Waals surface area contributed by atoms with Crippen LogP contribution in [-0.2, 0) is 16.4 Å². The Balaban J connectivity index is 1.54. The van der Waals surface area contributed by atoms with Gasteiger partial charge < -0.3 is 24.8 Å². The van der Waals surface area contributed by atoms with Crippen molar-refractivity contribution in [1.29, 1.82) is 0 Å². The third-order valence-electron chi connectivity index (χ3n) is 7.25. The molecule has 0 amide bonds. The molecule has 0 saturated carbocycles. The fourth-order valence-electron chi connectivity index (χ4n) is 5.10. The van der Waals surface area contributed by atoms with Crippen LogP contribution in [0, 0.1) is 11.8 Å². The Labute approximate surface area is 256 Å². The first-order chi connectivity index (χ1) is 20.9. The van der Waals surface area contributed by atoms with Crippen LogP contribution >= 0.6 is 0 Å². The highest BCUT2D eigenvalue weighted by Gasteiger charge is 2.30. The van der Waals surface area contributed by atoms with E-state index >= 15 is 0 Å². The van der Waals surface area contributed by atoms with Crippen LogP contribution in [0.25, 0.3) is 10.9 Å². The van der Waals surface area contributed by atoms with E-state index in [0.29, 0.717) is 22.3 Å². The van der Waals surface area contributed by atoms with E-state index in [9.17, 15) is 21.6 Å². The molecule has 1 saturated heterocycles. The van der Waals surface area contributed by atoms with Crippen LogP contribution in [0.4, 0.5) is 24.5 Å². The maximum atomic E-state index is 13.6. The second-order valence-corrected chi connectivity index (χ2v) is 12.4. The van der Waals surface area contributed by atoms with Crippen LogP contribution in [0.2, 0.25) is 0 Å². The number of sulfone groups is 1. The number of ether oxygens (including phenoxy) is 1. The zero-order chi connectivity index (χ0) is 31.9. The van der Waals surface area contributed by atoms with Gasteiger partial charge in [-0.1, -0.05) is 24.1 Å². The van der Waals surface area contributed by atoms with Gasteiger partial charge in [-0.2, -0.15) is 13.2 Å². The SMILES string of the molecule is C=N/C(=C\C=C/C)N1CCC(Nc2cccc3c2cc(C#CCNc2ccc(S(C)(=O)=O)cc2OC)n3CC(F)(F)F)CC1. The molecule has 0 atom stereocenters. The molecule has 0 spiro atoms. The number of likely N-dealkylation sites (tertiary alicyclic amines) is 1. The van der Waals surface area contributed by atoms with E-state index in [0.717, 1.165) is 43.7 Å². The number of piperidine rings is 1. The lowest BCUT2D eigenvalue weighted by atomic mass is 10.0. The standard InChI is InChI=1S/C32H36F3N5O3S/c1-5-6-12-31(36-2)39-18-15-23(16-19-39)38-27-10-7-11-29-26(27)20-24(40(29)22-32(33,34)35)9-8-17-37-28-14-13-25(44(4,41)42)21-30(28)43-3/h5-7,10-14,20-21,23,37-38H,2,15-19,22H2,1,3-4H3/b6-5-,31-12+. The molecule has 0 unspecified atom stereocenters. The number of methoxy groups -OCH3 is 1. The van der Waals surface area contributed by atoms with Gasteiger partial charge in [-0.25, -0.2) is 13.4 Å². The van der Waals surface area contributed by atoms with Crippen molar-refractivity contribution in [1.82, 2.24) is 9.47 Å². The van der Waals surface area contributed by atoms with E-state index in [1.54, 1.807) is 24.3 Å². The Bertz CT molecular complexity index is 1730. The van der Waals surface area contributed by atoms with Gasteiger partial charge in [-0.3, -0.25) is 0 Å². The highest BCUT2D eigenvalue weighted by molar-refractivity contribution is 7.90. The number of fused-ring (bicyclic) bond motifs is 1. The van der Waals surface area contributed by atoms with E-state index in [1.807, 2.05) is 31.2 Å². The Morgan fingerprint density at radius 3 is 2.57 bits per heavy atom. The molecule has 0 aliphatic carbocycles. The monoisotopic (exact) mass is 627 g/mol. The van der Waals surface area contributed by atoms with Crippen molar-refractivity contribution >= 4 is 38.8 Å². The summed E-state index contributed by atoms with van der Waals surface area (Å²) in [7, 11) is -2.00. The van der Waals surface area contributed by atoms with Crippen LogP contribution < -0.4 is 15.4 Å². The number of benzene rings is 2. The summed E-state index contributed by atoms with van der Waals surface area (Å²) in [6.07, 6.45) is 4.10. The predicted octanol–water partition coefficient (Wildman–Crippen LogP) is 6.07. The Morgan fingerprint density at radius 2 is 1.93 bits per heavy atom. The van der Waals surface area contributed by atoms with Crippen LogP contribution in [0.3, 0.4) is 0 Å². The third kappa shape index (κ3) is 8.17. The van der Waals surface area contributed by atoms with Gasteiger partial charge in [-0.15, -0.1) is 0 Å². The minimum Gasteiger partial charge on any atom is -0.495 e. The zero-order valence-corrected chi connectivity index (χ0v) is 25.7. The average Bonchev–Trinajstić information content (AvgIpc) is 3.32. The molecular formula is C32H36F3N5O3S. The third-order valence-corrected chi connectivity index (χ3v) is 8.36. The summed E-state index contributed by atoms with van der Waals surface area (Å²) in [4.78, 5) is 6.41. The summed E-state index contributed by atoms with van der Waals surface area (Å²) < 4.78 is 71.1. The van der Waals surface area contributed by atoms with Gasteiger partial charge in [0, 0.05) is 42.5 Å². The quantitative estimate of drug-likeness (QED) is 0.161. The molecule has 44 heavy (non-hydrogen) atoms. The molecule has 2 N–H and O–H groups in total. The first kappa shape index (κ1) is 32.5. The summed E-state index contributed by atoms with van der Waals surface area (Å²) in [6, 6.07) is 11.5. The van der Waals surface area contributed by atoms with E-state index in [-0.39, 0.29) is 23.2 Å². The van der Waals surface area contributed by atoms with Gasteiger partial charge in [0.2, 0.25) is 0 Å². The maximum Gasteiger partial charge on any atom is 0.406 e. The number of aliphatic imine (C=N–C) groups is 1. The molecule has 1 aliphatic heterocycles. The number of halogens is 3. The van der Waals surface area contributed by atoms with Gasteiger partial charge in [0.1, 0.15) is 18.1 Å². The number of allylic oxidation sites excluding steroid dienone is 3. The van der Waals surface area contributed by atoms with Crippen molar-refractivity contribution in [2.45, 2.75) is 43.4 Å². The topological polar surface area (TPSA) is 88.0 Å². The number of nitrogens with zero attached hydrogens (tertiary/aromatic N) is 3. The van der Waals surface area contributed by atoms with E-state index in [2.05, 4.69) is 39.1 Å². The van der Waals surface area contributed by atoms with Crippen molar-refractivity contribution in [3.63, 3.8) is 0 Å². The number of anilines is 2. The molecule has 2 aromatic carbocycles. The molecule has 8 nitrogen and oxygen atoms in total. The Kier molecular flexibility index (Phi) is 10.3. The van der Waals surface area contributed by atoms with Gasteiger partial charge >= 0.3 is 6.18 Å². The summed E-state index contributed by atoms with van der Waals surface area (Å²) in [5, 5.41) is 7.26. The smallest absolute Gasteiger partial charge is 0.406 e. The summed E-state index contributed by atoms with van der Waals surface area (Å²) in [5.41, 5.74) is 1.94. The van der Waals surface area contributed by atoms with E-state index in [1.165, 1.54) is 23.8 Å². The van der Waals surface area contributed by atoms with Gasteiger partial charge in [0.05, 0.1) is 35.4 Å². The van der Waals surface area contributed by atoms with Gasteiger partial charge in [-0.05, 0) is 68.8 Å². The van der Waals surface area contributed by atoms with E-state index < -0.39 is 22.6 Å². The highest BCUT2D eigenvalue weighted by atomic mass is 32.2. The molecule has 0 bridgehead atoms. The normalized spacial score (nSPS) is 14.9. The number of rotatable bonds is 10. The predicted molar refractivity (Wildman–Crippen MR) is 170 cm³/mol. The lowest BCUT2D eigenvalue weighted by Crippen LogP contribution is -2.38. The number of hydrogen-bond donors (Lipinski definition) is 2. The lowest BCUT2D eigenvalue weighted by molar-refractivity contribution is -0.140. The fourth-order valence-corrected chi connectivity index (χ4v) is 5.74. The minimum atomic E-state index is -4.44. The molecule has 0 radical (unpaired) electrons. The second-order valence-electron chi connectivity index (χ2n) is 10.4. The van der Waals surface area contributed by atoms with Crippen molar-refractivity contribution in [3.8, 4) is 17.6 Å². The molecule has 12 heteroatoms. The zero-order valence-electron chi connectivity index (χ0n) is 24.9. The highest BCUT2D eigenvalue weighted by Crippen LogP contribution is 2.32. The molecule has 2 heterocycles. The van der Waals surface area contributed by atoms with Gasteiger partial charge in [0.25, 0.3) is 0 Å². The lowest BCUT2D eigenvalue weighted by Gasteiger charge is -2.34. The Morgan fingerprint density at radius 1 is 1.18 bits per heavy atom. The van der Waals surface area contributed by atoms with Crippen molar-refractivity contribution in [2.75, 3.05) is 43.6 Å². The number of hydrogen-bond acceptors (Lipinski definition) is 7. The molecule has 1 fully saturated rings. The van der Waals surface area contributed by atoms with Crippen LogP contribution in [0.1, 0.15) is 25.5 Å². The van der Waals surface area contributed by atoms with E-state index in [4.69, 9.17) is 4.74 Å². The van der Waals surface area contributed by atoms with Crippen molar-refractivity contribution in [3.05, 3.63) is 72.2 Å². The number of nitrogens with one attached hydrogen (secondary N) is 2. The molecule has 1 aliphatic rings. The van der Waals surface area contributed by atoms with Crippen LogP contribution in [0.15, 0.2) is 76.4 Å². The Hall–Kier alpha value is -4.37. The van der Waals surface area contributed by atoms with Crippen LogP contribution in [0.5, 0.6) is 5.75 Å². The van der Waals surface area contributed by atoms with Crippen molar-refractivity contribution < 1.29 is 26.3 Å². The summed E-state index contributed by atoms with van der Waals surface area (Å²) in [6.45, 7) is 6.08. The molecule has 234 valence electrons. The largest absolute Gasteiger partial charge is 0.495 e. The van der Waals surface area contributed by atoms with Crippen LogP contribution in [-0.4, -0.2) is 69.8 Å². The summed E-state index contributed by atoms with van der Waals surface area (Å²) in [5.74, 6) is 6.92. The van der Waals surface area contributed by atoms with Crippen molar-refractivity contribution in [2.24, 2.45) is 4.99 Å². The maximum absolute atomic E-state index is 13.6. The number of alkyl halides is 3. The minimum absolute atomic E-state index is 0.0931. The average molecular weight is 628 g/mol. The first-order valence-corrected chi connectivity index (χ1v) is 15.9. The van der Waals surface area contributed by atoms with Gasteiger partial charge in [0.15, 0.2) is 9.84 Å². The molecule has 3 aromatic rings. The number of aromatic nitrogens is 1. The first-order valence-electron chi connectivity index (χ1n) is 14.0. The molecule has 4 rings (SSSR count). The summed E-state index contributed by atoms with van der Waals surface area (Å²) >= 11 is 0.